The largest absolute Gasteiger partial charge is 0.310 e. The summed E-state index contributed by atoms with van der Waals surface area (Å²) in [4.78, 5) is 5.13. The number of anilines is 6. The van der Waals surface area contributed by atoms with Gasteiger partial charge in [0.05, 0.1) is 11.4 Å². The third-order valence-electron chi connectivity index (χ3n) is 14.8. The maximum Gasteiger partial charge on any atom is 0.0505 e. The van der Waals surface area contributed by atoms with E-state index in [-0.39, 0.29) is 5.41 Å². The first kappa shape index (κ1) is 37.4. The highest BCUT2D eigenvalue weighted by molar-refractivity contribution is 7.25. The molecule has 3 heteroatoms. The molecule has 1 fully saturated rings. The van der Waals surface area contributed by atoms with Crippen molar-refractivity contribution in [3.63, 3.8) is 0 Å². The van der Waals surface area contributed by atoms with Crippen LogP contribution >= 0.6 is 11.3 Å². The van der Waals surface area contributed by atoms with E-state index in [1.807, 2.05) is 11.3 Å². The standard InChI is InChI=1S/C61H46N2S/c1-4-14-41(15-5-1)42-26-28-43(29-27-42)44-30-34-51(35-31-44)62(49-18-6-2-7-19-49)55-23-12-16-45-38-47-32-33-48-39-46-17-13-24-56(60(46)61(47,48)59(45)55)63(50-20-8-3-9-21-50)52-36-37-54-53-22-10-11-25-57(53)64-58(54)40-52/h1-31,34-37,40,47-48H,32-33,38-39H2. The Morgan fingerprint density at radius 2 is 0.797 bits per heavy atom. The number of hydrogen-bond acceptors (Lipinski definition) is 3. The van der Waals surface area contributed by atoms with Gasteiger partial charge in [-0.25, -0.2) is 0 Å². The van der Waals surface area contributed by atoms with Gasteiger partial charge in [0.2, 0.25) is 0 Å². The van der Waals surface area contributed by atoms with Gasteiger partial charge in [-0.2, -0.15) is 0 Å². The van der Waals surface area contributed by atoms with Gasteiger partial charge in [-0.15, -0.1) is 11.3 Å². The maximum atomic E-state index is 2.58. The number of rotatable bonds is 8. The molecule has 3 unspecified atom stereocenters. The number of benzene rings is 9. The molecule has 0 aliphatic heterocycles. The molecule has 0 bridgehead atoms. The van der Waals surface area contributed by atoms with Gasteiger partial charge in [-0.3, -0.25) is 0 Å². The molecule has 3 aliphatic carbocycles. The van der Waals surface area contributed by atoms with Crippen molar-refractivity contribution in [1.29, 1.82) is 0 Å². The van der Waals surface area contributed by atoms with E-state index in [1.54, 1.807) is 0 Å². The summed E-state index contributed by atoms with van der Waals surface area (Å²) in [5, 5.41) is 2.66. The Morgan fingerprint density at radius 3 is 1.38 bits per heavy atom. The van der Waals surface area contributed by atoms with Gasteiger partial charge in [0, 0.05) is 48.3 Å². The minimum Gasteiger partial charge on any atom is -0.310 e. The van der Waals surface area contributed by atoms with Gasteiger partial charge in [-0.05, 0) is 149 Å². The van der Waals surface area contributed by atoms with E-state index in [1.165, 1.54) is 112 Å². The number of para-hydroxylation sites is 2. The molecule has 13 rings (SSSR count). The fourth-order valence-electron chi connectivity index (χ4n) is 12.2. The summed E-state index contributed by atoms with van der Waals surface area (Å²) >= 11 is 1.90. The first-order chi connectivity index (χ1) is 31.7. The van der Waals surface area contributed by atoms with E-state index in [2.05, 4.69) is 228 Å². The van der Waals surface area contributed by atoms with Gasteiger partial charge in [0.15, 0.2) is 0 Å². The Kier molecular flexibility index (Phi) is 8.74. The van der Waals surface area contributed by atoms with Crippen LogP contribution in [0, 0.1) is 11.8 Å². The summed E-state index contributed by atoms with van der Waals surface area (Å²) < 4.78 is 2.66. The molecule has 2 nitrogen and oxygen atoms in total. The highest BCUT2D eigenvalue weighted by atomic mass is 32.1. The molecule has 3 aliphatic rings. The Morgan fingerprint density at radius 1 is 0.359 bits per heavy atom. The third-order valence-corrected chi connectivity index (χ3v) is 15.9. The summed E-state index contributed by atoms with van der Waals surface area (Å²) in [6, 6.07) is 81.4. The van der Waals surface area contributed by atoms with Crippen LogP contribution in [0.4, 0.5) is 34.1 Å². The molecule has 10 aromatic rings. The average molecular weight is 839 g/mol. The van der Waals surface area contributed by atoms with Gasteiger partial charge in [0.25, 0.3) is 0 Å². The first-order valence-corrected chi connectivity index (χ1v) is 23.7. The van der Waals surface area contributed by atoms with Crippen LogP contribution in [0.15, 0.2) is 218 Å². The van der Waals surface area contributed by atoms with Crippen LogP contribution in [0.2, 0.25) is 0 Å². The first-order valence-electron chi connectivity index (χ1n) is 22.8. The Balaban J connectivity index is 0.972. The van der Waals surface area contributed by atoms with E-state index in [0.29, 0.717) is 11.8 Å². The lowest BCUT2D eigenvalue weighted by molar-refractivity contribution is 0.350. The molecular weight excluding hydrogens is 793 g/mol. The molecule has 0 N–H and O–H groups in total. The van der Waals surface area contributed by atoms with Gasteiger partial charge in [0.1, 0.15) is 0 Å². The number of nitrogens with zero attached hydrogens (tertiary/aromatic N) is 2. The van der Waals surface area contributed by atoms with Crippen molar-refractivity contribution < 1.29 is 0 Å². The van der Waals surface area contributed by atoms with Crippen LogP contribution in [0.3, 0.4) is 0 Å². The van der Waals surface area contributed by atoms with Crippen molar-refractivity contribution in [2.45, 2.75) is 31.1 Å². The molecule has 1 heterocycles. The summed E-state index contributed by atoms with van der Waals surface area (Å²) in [5.74, 6) is 1.05. The molecule has 9 aromatic carbocycles. The highest BCUT2D eigenvalue weighted by Gasteiger charge is 2.62. The zero-order chi connectivity index (χ0) is 42.2. The summed E-state index contributed by atoms with van der Waals surface area (Å²) in [7, 11) is 0. The van der Waals surface area contributed by atoms with Crippen LogP contribution in [0.25, 0.3) is 42.4 Å². The van der Waals surface area contributed by atoms with Crippen molar-refractivity contribution in [2.75, 3.05) is 9.80 Å². The summed E-state index contributed by atoms with van der Waals surface area (Å²) in [6.45, 7) is 0. The Hall–Kier alpha value is -7.20. The lowest BCUT2D eigenvalue weighted by Gasteiger charge is -2.40. The van der Waals surface area contributed by atoms with E-state index < -0.39 is 0 Å². The minimum absolute atomic E-state index is 0.125. The molecule has 1 spiro atoms. The minimum atomic E-state index is -0.125. The monoisotopic (exact) mass is 838 g/mol. The quantitative estimate of drug-likeness (QED) is 0.150. The molecule has 306 valence electrons. The molecule has 0 saturated heterocycles. The van der Waals surface area contributed by atoms with Crippen LogP contribution in [0.1, 0.15) is 35.1 Å². The maximum absolute atomic E-state index is 2.58. The van der Waals surface area contributed by atoms with Crippen molar-refractivity contribution in [1.82, 2.24) is 0 Å². The Labute approximate surface area is 379 Å². The van der Waals surface area contributed by atoms with Gasteiger partial charge < -0.3 is 9.80 Å². The summed E-state index contributed by atoms with van der Waals surface area (Å²) in [5.41, 5.74) is 18.2. The normalized spacial score (nSPS) is 18.1. The lowest BCUT2D eigenvalue weighted by atomic mass is 9.68. The smallest absolute Gasteiger partial charge is 0.0505 e. The molecular formula is C61H46N2S. The van der Waals surface area contributed by atoms with Crippen molar-refractivity contribution in [2.24, 2.45) is 11.8 Å². The topological polar surface area (TPSA) is 6.48 Å². The summed E-state index contributed by atoms with van der Waals surface area (Å²) in [6.07, 6.45) is 4.70. The van der Waals surface area contributed by atoms with Crippen molar-refractivity contribution >= 4 is 65.6 Å². The number of thiophene rings is 1. The zero-order valence-corrected chi connectivity index (χ0v) is 36.4. The number of hydrogen-bond donors (Lipinski definition) is 0. The van der Waals surface area contributed by atoms with E-state index >= 15 is 0 Å². The average Bonchev–Trinajstić information content (AvgIpc) is 4.10. The lowest BCUT2D eigenvalue weighted by Crippen LogP contribution is -2.34. The van der Waals surface area contributed by atoms with Crippen molar-refractivity contribution in [3.05, 3.63) is 241 Å². The van der Waals surface area contributed by atoms with Crippen molar-refractivity contribution in [3.8, 4) is 22.3 Å². The molecule has 64 heavy (non-hydrogen) atoms. The SMILES string of the molecule is c1ccc(-c2ccc(-c3ccc(N(c4ccccc4)c4cccc5c4C46c7c(cccc7N(c7ccccc7)c7ccc8c(c7)sc7ccccc78)CC4CCC6C5)cc3)cc2)cc1. The highest BCUT2D eigenvalue weighted by Crippen LogP contribution is 2.69. The Bertz CT molecular complexity index is 3330. The molecule has 0 radical (unpaired) electrons. The van der Waals surface area contributed by atoms with E-state index in [4.69, 9.17) is 0 Å². The molecule has 3 atom stereocenters. The van der Waals surface area contributed by atoms with Gasteiger partial charge >= 0.3 is 0 Å². The number of fused-ring (bicyclic) bond motifs is 5. The molecule has 0 amide bonds. The molecule has 1 saturated carbocycles. The predicted octanol–water partition coefficient (Wildman–Crippen LogP) is 16.8. The third kappa shape index (κ3) is 5.77. The van der Waals surface area contributed by atoms with E-state index in [9.17, 15) is 0 Å². The second-order valence-corrected chi connectivity index (χ2v) is 19.1. The van der Waals surface area contributed by atoms with E-state index in [0.717, 1.165) is 12.8 Å². The van der Waals surface area contributed by atoms with Crippen LogP contribution in [0.5, 0.6) is 0 Å². The predicted molar refractivity (Wildman–Crippen MR) is 270 cm³/mol. The van der Waals surface area contributed by atoms with Crippen LogP contribution in [-0.2, 0) is 18.3 Å². The second-order valence-electron chi connectivity index (χ2n) is 18.0. The van der Waals surface area contributed by atoms with Gasteiger partial charge in [-0.1, -0.05) is 152 Å². The second kappa shape index (κ2) is 15.0. The zero-order valence-electron chi connectivity index (χ0n) is 35.6. The molecule has 1 aromatic heterocycles. The van der Waals surface area contributed by atoms with Crippen LogP contribution < -0.4 is 9.80 Å². The fourth-order valence-corrected chi connectivity index (χ4v) is 13.3. The van der Waals surface area contributed by atoms with Crippen LogP contribution in [-0.4, -0.2) is 0 Å². The fraction of sp³-hybridized carbons (Fsp3) is 0.115.